The highest BCUT2D eigenvalue weighted by atomic mass is 15.1. The van der Waals surface area contributed by atoms with Gasteiger partial charge in [0.2, 0.25) is 0 Å². The lowest BCUT2D eigenvalue weighted by Crippen LogP contribution is -2.23. The Morgan fingerprint density at radius 2 is 2.21 bits per heavy atom. The summed E-state index contributed by atoms with van der Waals surface area (Å²) in [4.78, 5) is 2.25. The normalized spacial score (nSPS) is 17.1. The topological polar surface area (TPSA) is 20.2 Å². The highest BCUT2D eigenvalue weighted by molar-refractivity contribution is 5.18. The minimum atomic E-state index is 0.593. The van der Waals surface area contributed by atoms with Crippen molar-refractivity contribution < 1.29 is 0 Å². The van der Waals surface area contributed by atoms with Crippen molar-refractivity contribution in [3.63, 3.8) is 0 Å². The third-order valence-corrected chi connectivity index (χ3v) is 3.86. The van der Waals surface area contributed by atoms with E-state index in [9.17, 15) is 0 Å². The van der Waals surface area contributed by atoms with Crippen LogP contribution in [0, 0.1) is 5.92 Å². The quantitative estimate of drug-likeness (QED) is 0.739. The summed E-state index contributed by atoms with van der Waals surface area (Å²) in [6.07, 6.45) is 9.82. The molecule has 1 atom stereocenters. The van der Waals surface area contributed by atoms with Crippen LogP contribution in [0.25, 0.3) is 0 Å². The van der Waals surface area contributed by atoms with E-state index in [0.717, 1.165) is 25.6 Å². The van der Waals surface area contributed by atoms with E-state index in [1.165, 1.54) is 31.2 Å². The molecule has 0 amide bonds. The number of hydrogen-bond acceptors (Lipinski definition) is 2. The molecule has 0 radical (unpaired) electrons. The highest BCUT2D eigenvalue weighted by Gasteiger charge is 2.32. The molecule has 108 valence electrons. The molecule has 1 saturated carbocycles. The largest absolute Gasteiger partial charge is 0.354 e. The Morgan fingerprint density at radius 3 is 2.84 bits per heavy atom. The van der Waals surface area contributed by atoms with Crippen molar-refractivity contribution in [2.75, 3.05) is 27.2 Å². The summed E-state index contributed by atoms with van der Waals surface area (Å²) in [5.74, 6) is 0.879. The Labute approximate surface area is 118 Å². The molecule has 0 bridgehead atoms. The zero-order valence-electron chi connectivity index (χ0n) is 12.7. The van der Waals surface area contributed by atoms with Crippen LogP contribution < -0.4 is 5.32 Å². The third-order valence-electron chi connectivity index (χ3n) is 3.86. The van der Waals surface area contributed by atoms with E-state index < -0.39 is 0 Å². The Kier molecular flexibility index (Phi) is 5.46. The fourth-order valence-corrected chi connectivity index (χ4v) is 2.64. The minimum absolute atomic E-state index is 0.593. The third kappa shape index (κ3) is 4.66. The monoisotopic (exact) mass is 263 g/mol. The lowest BCUT2D eigenvalue weighted by molar-refractivity contribution is 0.386. The van der Waals surface area contributed by atoms with Crippen molar-refractivity contribution in [1.82, 2.24) is 14.8 Å². The Morgan fingerprint density at radius 1 is 1.42 bits per heavy atom. The number of aromatic nitrogens is 1. The molecular weight excluding hydrogens is 234 g/mol. The van der Waals surface area contributed by atoms with Gasteiger partial charge in [0, 0.05) is 25.0 Å². The van der Waals surface area contributed by atoms with E-state index in [-0.39, 0.29) is 0 Å². The predicted octanol–water partition coefficient (Wildman–Crippen LogP) is 2.89. The van der Waals surface area contributed by atoms with Gasteiger partial charge >= 0.3 is 0 Å². The van der Waals surface area contributed by atoms with Crippen LogP contribution in [0.5, 0.6) is 0 Å². The van der Waals surface area contributed by atoms with Gasteiger partial charge in [0.1, 0.15) is 0 Å². The van der Waals surface area contributed by atoms with Gasteiger partial charge in [0.05, 0.1) is 0 Å². The molecule has 1 heterocycles. The molecule has 1 N–H and O–H groups in total. The first kappa shape index (κ1) is 14.6. The second-order valence-corrected chi connectivity index (χ2v) is 6.11. The van der Waals surface area contributed by atoms with Gasteiger partial charge in [-0.25, -0.2) is 0 Å². The number of aryl methyl sites for hydroxylation is 1. The molecule has 0 aromatic carbocycles. The fraction of sp³-hybridized carbons (Fsp3) is 0.750. The predicted molar refractivity (Wildman–Crippen MR) is 81.4 cm³/mol. The van der Waals surface area contributed by atoms with E-state index in [1.54, 1.807) is 0 Å². The summed E-state index contributed by atoms with van der Waals surface area (Å²) in [7, 11) is 4.28. The second-order valence-electron chi connectivity index (χ2n) is 6.11. The van der Waals surface area contributed by atoms with E-state index in [0.29, 0.717) is 6.04 Å². The van der Waals surface area contributed by atoms with Gasteiger partial charge in [-0.15, -0.1) is 0 Å². The number of hydrogen-bond donors (Lipinski definition) is 1. The molecule has 1 fully saturated rings. The minimum Gasteiger partial charge on any atom is -0.354 e. The maximum Gasteiger partial charge on any atom is 0.0363 e. The fourth-order valence-electron chi connectivity index (χ4n) is 2.64. The van der Waals surface area contributed by atoms with Crippen LogP contribution in [0.15, 0.2) is 18.5 Å². The molecule has 1 unspecified atom stereocenters. The van der Waals surface area contributed by atoms with Gasteiger partial charge in [-0.1, -0.05) is 6.92 Å². The number of rotatable bonds is 9. The molecule has 2 rings (SSSR count). The molecule has 3 heteroatoms. The van der Waals surface area contributed by atoms with Gasteiger partial charge in [-0.3, -0.25) is 0 Å². The van der Waals surface area contributed by atoms with Crippen LogP contribution in [-0.4, -0.2) is 36.7 Å². The summed E-state index contributed by atoms with van der Waals surface area (Å²) in [6, 6.07) is 2.90. The van der Waals surface area contributed by atoms with Crippen LogP contribution in [0.2, 0.25) is 0 Å². The highest BCUT2D eigenvalue weighted by Crippen LogP contribution is 2.41. The van der Waals surface area contributed by atoms with Gasteiger partial charge in [0.15, 0.2) is 0 Å². The smallest absolute Gasteiger partial charge is 0.0363 e. The molecule has 19 heavy (non-hydrogen) atoms. The standard InChI is InChI=1S/C16H29N3/c1-4-9-17-16(14-6-7-14)15-8-12-19(13-15)11-5-10-18(2)3/h8,12-14,16-17H,4-7,9-11H2,1-3H3. The first-order valence-electron chi connectivity index (χ1n) is 7.74. The summed E-state index contributed by atoms with van der Waals surface area (Å²) in [5.41, 5.74) is 1.49. The zero-order chi connectivity index (χ0) is 13.7. The number of nitrogens with one attached hydrogen (secondary N) is 1. The van der Waals surface area contributed by atoms with Crippen molar-refractivity contribution in [2.24, 2.45) is 5.92 Å². The van der Waals surface area contributed by atoms with E-state index in [4.69, 9.17) is 0 Å². The van der Waals surface area contributed by atoms with Crippen molar-refractivity contribution >= 4 is 0 Å². The van der Waals surface area contributed by atoms with Gasteiger partial charge in [-0.05, 0) is 70.4 Å². The average Bonchev–Trinajstić information content (AvgIpc) is 3.10. The molecule has 1 aliphatic carbocycles. The van der Waals surface area contributed by atoms with Crippen LogP contribution in [0.4, 0.5) is 0 Å². The Bertz CT molecular complexity index is 366. The molecule has 0 aliphatic heterocycles. The van der Waals surface area contributed by atoms with Crippen molar-refractivity contribution in [2.45, 2.75) is 45.2 Å². The maximum absolute atomic E-state index is 3.71. The van der Waals surface area contributed by atoms with Gasteiger partial charge in [0.25, 0.3) is 0 Å². The summed E-state index contributed by atoms with van der Waals surface area (Å²) in [6.45, 7) is 5.66. The summed E-state index contributed by atoms with van der Waals surface area (Å²) >= 11 is 0. The van der Waals surface area contributed by atoms with Crippen LogP contribution in [-0.2, 0) is 6.54 Å². The van der Waals surface area contributed by atoms with E-state index in [1.807, 2.05) is 0 Å². The van der Waals surface area contributed by atoms with E-state index >= 15 is 0 Å². The van der Waals surface area contributed by atoms with Crippen LogP contribution in [0.3, 0.4) is 0 Å². The van der Waals surface area contributed by atoms with Crippen LogP contribution >= 0.6 is 0 Å². The van der Waals surface area contributed by atoms with Gasteiger partial charge in [-0.2, -0.15) is 0 Å². The maximum atomic E-state index is 3.71. The molecule has 0 saturated heterocycles. The van der Waals surface area contributed by atoms with E-state index in [2.05, 4.69) is 54.3 Å². The molecule has 3 nitrogen and oxygen atoms in total. The first-order valence-corrected chi connectivity index (χ1v) is 7.74. The van der Waals surface area contributed by atoms with Crippen molar-refractivity contribution in [3.05, 3.63) is 24.0 Å². The zero-order valence-corrected chi connectivity index (χ0v) is 12.7. The van der Waals surface area contributed by atoms with Crippen LogP contribution in [0.1, 0.15) is 44.2 Å². The van der Waals surface area contributed by atoms with Crippen molar-refractivity contribution in [1.29, 1.82) is 0 Å². The number of nitrogens with zero attached hydrogens (tertiary/aromatic N) is 2. The Hall–Kier alpha value is -0.800. The molecule has 1 aromatic heterocycles. The SMILES string of the molecule is CCCNC(c1ccn(CCCN(C)C)c1)C1CC1. The van der Waals surface area contributed by atoms with Gasteiger partial charge < -0.3 is 14.8 Å². The molecule has 1 aromatic rings. The molecular formula is C16H29N3. The second kappa shape index (κ2) is 7.11. The average molecular weight is 263 g/mol. The summed E-state index contributed by atoms with van der Waals surface area (Å²) in [5, 5.41) is 3.71. The lowest BCUT2D eigenvalue weighted by Gasteiger charge is -2.16. The Balaban J connectivity index is 1.86. The first-order chi connectivity index (χ1) is 9.20. The molecule has 1 aliphatic rings. The lowest BCUT2D eigenvalue weighted by atomic mass is 10.1. The summed E-state index contributed by atoms with van der Waals surface area (Å²) < 4.78 is 2.35. The molecule has 0 spiro atoms. The van der Waals surface area contributed by atoms with Crippen molar-refractivity contribution in [3.8, 4) is 0 Å².